The predicted molar refractivity (Wildman–Crippen MR) is 121 cm³/mol. The van der Waals surface area contributed by atoms with E-state index in [0.717, 1.165) is 11.3 Å². The fourth-order valence-electron chi connectivity index (χ4n) is 3.54. The maximum absolute atomic E-state index is 13.5. The highest BCUT2D eigenvalue weighted by molar-refractivity contribution is 7.98. The minimum absolute atomic E-state index is 0.248. The second kappa shape index (κ2) is 8.73. The van der Waals surface area contributed by atoms with Crippen molar-refractivity contribution in [3.8, 4) is 11.5 Å². The van der Waals surface area contributed by atoms with Crippen LogP contribution in [0.15, 0.2) is 65.0 Å². The van der Waals surface area contributed by atoms with Gasteiger partial charge in [0.15, 0.2) is 0 Å². The largest absolute Gasteiger partial charge is 0.497 e. The number of carbonyl (C=O) groups is 1. The number of benzene rings is 2. The van der Waals surface area contributed by atoms with Crippen LogP contribution in [0.1, 0.15) is 18.5 Å². The van der Waals surface area contributed by atoms with E-state index in [9.17, 15) is 4.79 Å². The summed E-state index contributed by atoms with van der Waals surface area (Å²) in [6.07, 6.45) is 1.92. The van der Waals surface area contributed by atoms with Gasteiger partial charge in [-0.3, -0.25) is 4.79 Å². The standard InChI is InChI=1S/C22H23N5O3S/c1-13-18(20(28)24-16-7-5-6-8-17(16)30-3)19(14-9-11-15(29-2)12-10-14)27-21(23-13)25-22(26-27)31-4/h5-12,19H,1-4H3,(H,24,28)(H,23,25,26)/t19-/m0/s1. The molecule has 0 saturated carbocycles. The molecule has 1 aliphatic rings. The third-order valence-corrected chi connectivity index (χ3v) is 5.59. The van der Waals surface area contributed by atoms with Crippen molar-refractivity contribution in [1.29, 1.82) is 0 Å². The third-order valence-electron chi connectivity index (χ3n) is 5.05. The minimum Gasteiger partial charge on any atom is -0.497 e. The number of thioether (sulfide) groups is 1. The maximum Gasteiger partial charge on any atom is 0.255 e. The van der Waals surface area contributed by atoms with Crippen LogP contribution in [0.25, 0.3) is 0 Å². The monoisotopic (exact) mass is 437 g/mol. The molecule has 9 heteroatoms. The Morgan fingerprint density at radius 1 is 1.13 bits per heavy atom. The highest BCUT2D eigenvalue weighted by atomic mass is 32.2. The smallest absolute Gasteiger partial charge is 0.255 e. The molecule has 0 unspecified atom stereocenters. The van der Waals surface area contributed by atoms with Crippen LogP contribution in [0.4, 0.5) is 11.6 Å². The van der Waals surface area contributed by atoms with Crippen LogP contribution in [0, 0.1) is 0 Å². The van der Waals surface area contributed by atoms with Crippen molar-refractivity contribution in [2.75, 3.05) is 31.1 Å². The number of nitrogens with zero attached hydrogens (tertiary/aromatic N) is 3. The van der Waals surface area contributed by atoms with Gasteiger partial charge in [0, 0.05) is 5.70 Å². The van der Waals surface area contributed by atoms with Gasteiger partial charge in [-0.25, -0.2) is 4.68 Å². The molecular weight excluding hydrogens is 414 g/mol. The van der Waals surface area contributed by atoms with E-state index in [1.54, 1.807) is 31.0 Å². The molecule has 8 nitrogen and oxygen atoms in total. The maximum atomic E-state index is 13.5. The molecule has 0 radical (unpaired) electrons. The van der Waals surface area contributed by atoms with E-state index in [-0.39, 0.29) is 5.91 Å². The van der Waals surface area contributed by atoms with Crippen molar-refractivity contribution in [3.63, 3.8) is 0 Å². The molecule has 1 atom stereocenters. The topological polar surface area (TPSA) is 90.3 Å². The normalized spacial score (nSPS) is 15.2. The Morgan fingerprint density at radius 3 is 2.55 bits per heavy atom. The van der Waals surface area contributed by atoms with Crippen molar-refractivity contribution in [1.82, 2.24) is 14.8 Å². The average Bonchev–Trinajstić information content (AvgIpc) is 3.21. The summed E-state index contributed by atoms with van der Waals surface area (Å²) in [5.74, 6) is 1.67. The van der Waals surface area contributed by atoms with Crippen LogP contribution in [-0.4, -0.2) is 41.1 Å². The van der Waals surface area contributed by atoms with Crippen LogP contribution in [0.3, 0.4) is 0 Å². The van der Waals surface area contributed by atoms with Gasteiger partial charge in [0.05, 0.1) is 25.5 Å². The van der Waals surface area contributed by atoms with Gasteiger partial charge in [0.2, 0.25) is 11.1 Å². The zero-order chi connectivity index (χ0) is 22.0. The number of hydrogen-bond acceptors (Lipinski definition) is 7. The van der Waals surface area contributed by atoms with Gasteiger partial charge in [-0.1, -0.05) is 36.0 Å². The predicted octanol–water partition coefficient (Wildman–Crippen LogP) is 3.94. The number of hydrogen-bond donors (Lipinski definition) is 2. The zero-order valence-electron chi connectivity index (χ0n) is 17.7. The summed E-state index contributed by atoms with van der Waals surface area (Å²) < 4.78 is 12.4. The number of amides is 1. The summed E-state index contributed by atoms with van der Waals surface area (Å²) in [6.45, 7) is 1.87. The summed E-state index contributed by atoms with van der Waals surface area (Å²) in [5, 5.41) is 11.4. The lowest BCUT2D eigenvalue weighted by Gasteiger charge is -2.29. The summed E-state index contributed by atoms with van der Waals surface area (Å²) in [4.78, 5) is 18.0. The molecule has 2 N–H and O–H groups in total. The van der Waals surface area contributed by atoms with Crippen LogP contribution < -0.4 is 20.1 Å². The quantitative estimate of drug-likeness (QED) is 0.565. The van der Waals surface area contributed by atoms with Gasteiger partial charge in [-0.15, -0.1) is 5.10 Å². The van der Waals surface area contributed by atoms with Crippen molar-refractivity contribution >= 4 is 29.3 Å². The van der Waals surface area contributed by atoms with Gasteiger partial charge < -0.3 is 20.1 Å². The van der Waals surface area contributed by atoms with Crippen molar-refractivity contribution in [2.24, 2.45) is 0 Å². The number of fused-ring (bicyclic) bond motifs is 1. The van der Waals surface area contributed by atoms with E-state index >= 15 is 0 Å². The number of aromatic nitrogens is 3. The van der Waals surface area contributed by atoms with E-state index in [2.05, 4.69) is 20.7 Å². The number of methoxy groups -OCH3 is 2. The van der Waals surface area contributed by atoms with Crippen molar-refractivity contribution in [3.05, 3.63) is 65.4 Å². The fourth-order valence-corrected chi connectivity index (χ4v) is 3.89. The van der Waals surface area contributed by atoms with E-state index in [1.165, 1.54) is 11.8 Å². The van der Waals surface area contributed by atoms with Crippen LogP contribution in [-0.2, 0) is 4.79 Å². The first-order chi connectivity index (χ1) is 15.0. The zero-order valence-corrected chi connectivity index (χ0v) is 18.5. The first-order valence-electron chi connectivity index (χ1n) is 9.62. The first-order valence-corrected chi connectivity index (χ1v) is 10.8. The van der Waals surface area contributed by atoms with E-state index < -0.39 is 6.04 Å². The summed E-state index contributed by atoms with van der Waals surface area (Å²) >= 11 is 1.45. The van der Waals surface area contributed by atoms with Gasteiger partial charge in [0.25, 0.3) is 5.91 Å². The Kier molecular flexibility index (Phi) is 5.85. The molecule has 0 bridgehead atoms. The van der Waals surface area contributed by atoms with Gasteiger partial charge >= 0.3 is 0 Å². The number of ether oxygens (including phenoxy) is 2. The van der Waals surface area contributed by atoms with Crippen LogP contribution in [0.5, 0.6) is 11.5 Å². The summed E-state index contributed by atoms with van der Waals surface area (Å²) in [5.41, 5.74) is 2.74. The number of anilines is 2. The molecule has 2 aromatic carbocycles. The van der Waals surface area contributed by atoms with E-state index in [1.807, 2.05) is 49.6 Å². The number of para-hydroxylation sites is 2. The lowest BCUT2D eigenvalue weighted by atomic mass is 9.95. The molecule has 0 fully saturated rings. The molecule has 0 spiro atoms. The molecule has 1 aromatic heterocycles. The molecule has 0 saturated heterocycles. The summed E-state index contributed by atoms with van der Waals surface area (Å²) in [6, 6.07) is 14.5. The SMILES string of the molecule is COc1ccc([C@H]2C(C(=O)Nc3ccccc3OC)=C(C)Nc3nc(SC)nn32)cc1. The van der Waals surface area contributed by atoms with Gasteiger partial charge in [0.1, 0.15) is 17.5 Å². The fraction of sp³-hybridized carbons (Fsp3) is 0.227. The number of allylic oxidation sites excluding steroid dienone is 1. The molecule has 160 valence electrons. The highest BCUT2D eigenvalue weighted by Gasteiger charge is 2.34. The lowest BCUT2D eigenvalue weighted by molar-refractivity contribution is -0.113. The molecule has 31 heavy (non-hydrogen) atoms. The van der Waals surface area contributed by atoms with E-state index in [4.69, 9.17) is 9.47 Å². The number of carbonyl (C=O) groups excluding carboxylic acids is 1. The lowest BCUT2D eigenvalue weighted by Crippen LogP contribution is -2.31. The molecule has 0 aliphatic carbocycles. The Hall–Kier alpha value is -3.46. The van der Waals surface area contributed by atoms with Crippen LogP contribution >= 0.6 is 11.8 Å². The second-order valence-electron chi connectivity index (χ2n) is 6.86. The third kappa shape index (κ3) is 3.96. The van der Waals surface area contributed by atoms with Crippen molar-refractivity contribution in [2.45, 2.75) is 18.1 Å². The molecule has 1 amide bonds. The second-order valence-corrected chi connectivity index (χ2v) is 7.63. The van der Waals surface area contributed by atoms with Crippen molar-refractivity contribution < 1.29 is 14.3 Å². The van der Waals surface area contributed by atoms with Gasteiger partial charge in [-0.2, -0.15) is 4.98 Å². The first kappa shape index (κ1) is 20.8. The summed E-state index contributed by atoms with van der Waals surface area (Å²) in [7, 11) is 3.19. The van der Waals surface area contributed by atoms with Crippen LogP contribution in [0.2, 0.25) is 0 Å². The molecular formula is C22H23N5O3S. The highest BCUT2D eigenvalue weighted by Crippen LogP contribution is 2.37. The Balaban J connectivity index is 1.78. The average molecular weight is 438 g/mol. The Bertz CT molecular complexity index is 1140. The Labute approximate surface area is 184 Å². The number of rotatable bonds is 6. The molecule has 1 aliphatic heterocycles. The van der Waals surface area contributed by atoms with Gasteiger partial charge in [-0.05, 0) is 43.0 Å². The molecule has 2 heterocycles. The molecule has 4 rings (SSSR count). The van der Waals surface area contributed by atoms with E-state index in [0.29, 0.717) is 33.8 Å². The Morgan fingerprint density at radius 2 is 1.87 bits per heavy atom. The minimum atomic E-state index is -0.453. The number of nitrogens with one attached hydrogen (secondary N) is 2. The molecule has 3 aromatic rings.